The van der Waals surface area contributed by atoms with E-state index in [-0.39, 0.29) is 17.7 Å². The van der Waals surface area contributed by atoms with E-state index in [4.69, 9.17) is 4.74 Å². The normalized spacial score (nSPS) is 26.9. The highest BCUT2D eigenvalue weighted by Crippen LogP contribution is 2.63. The molecule has 1 saturated heterocycles. The van der Waals surface area contributed by atoms with Crippen LogP contribution in [0.2, 0.25) is 0 Å². The first-order chi connectivity index (χ1) is 16.1. The number of nitrogens with zero attached hydrogens (tertiary/aromatic N) is 2. The Morgan fingerprint density at radius 1 is 0.939 bits per heavy atom. The van der Waals surface area contributed by atoms with Crippen LogP contribution in [0.25, 0.3) is 0 Å². The maximum Gasteiger partial charge on any atom is 0.239 e. The summed E-state index contributed by atoms with van der Waals surface area (Å²) >= 11 is 0. The molecule has 2 atom stereocenters. The molecule has 1 fully saturated rings. The fraction of sp³-hybridized carbons (Fsp3) is 0.222. The third-order valence-corrected chi connectivity index (χ3v) is 7.35. The molecule has 0 aromatic heterocycles. The molecule has 0 saturated carbocycles. The van der Waals surface area contributed by atoms with Crippen LogP contribution in [0.4, 0.5) is 5.69 Å². The van der Waals surface area contributed by atoms with Gasteiger partial charge in [-0.25, -0.2) is 4.90 Å². The number of carbonyl (C=O) groups excluding carboxylic acids is 2. The Hall–Kier alpha value is -3.93. The lowest BCUT2D eigenvalue weighted by atomic mass is 9.47. The molecule has 1 heterocycles. The number of amides is 2. The smallest absolute Gasteiger partial charge is 0.239 e. The van der Waals surface area contributed by atoms with E-state index in [0.29, 0.717) is 18.0 Å². The van der Waals surface area contributed by atoms with Crippen LogP contribution >= 0.6 is 0 Å². The second-order valence-corrected chi connectivity index (χ2v) is 8.71. The number of rotatable bonds is 4. The quantitative estimate of drug-likeness (QED) is 0.288. The minimum absolute atomic E-state index is 0.223. The first-order valence-corrected chi connectivity index (χ1v) is 11.1. The fourth-order valence-corrected chi connectivity index (χ4v) is 6.25. The van der Waals surface area contributed by atoms with E-state index in [1.54, 1.807) is 24.3 Å². The maximum absolute atomic E-state index is 14.0. The van der Waals surface area contributed by atoms with Crippen molar-refractivity contribution in [1.82, 2.24) is 0 Å². The lowest BCUT2D eigenvalue weighted by molar-refractivity contribution is -0.122. The standard InChI is InChI=1S/C27H22N2O4/c1-2-33-17-13-11-16(12-14-17)29-25(30)23-22-18-7-3-5-9-20(18)27(15-28-32,24(23)26(29)31)21-10-6-4-8-19(21)22/h3-15,22-24,32H,2H2,1H3/t22?,23-,24-,27?/m1/s1. The molecule has 2 bridgehead atoms. The van der Waals surface area contributed by atoms with Crippen molar-refractivity contribution in [2.45, 2.75) is 18.3 Å². The molecule has 7 rings (SSSR count). The van der Waals surface area contributed by atoms with Crippen LogP contribution in [-0.4, -0.2) is 29.8 Å². The highest BCUT2D eigenvalue weighted by Gasteiger charge is 2.68. The zero-order valence-electron chi connectivity index (χ0n) is 18.0. The first kappa shape index (κ1) is 19.7. The lowest BCUT2D eigenvalue weighted by Crippen LogP contribution is -2.54. The number of imide groups is 1. The van der Waals surface area contributed by atoms with Crippen molar-refractivity contribution in [2.75, 3.05) is 11.5 Å². The van der Waals surface area contributed by atoms with Gasteiger partial charge in [0, 0.05) is 5.92 Å². The van der Waals surface area contributed by atoms with Crippen molar-refractivity contribution in [2.24, 2.45) is 17.0 Å². The van der Waals surface area contributed by atoms with Gasteiger partial charge in [0.05, 0.1) is 35.8 Å². The monoisotopic (exact) mass is 438 g/mol. The molecule has 1 N–H and O–H groups in total. The van der Waals surface area contributed by atoms with E-state index in [1.807, 2.05) is 55.5 Å². The molecule has 3 aromatic carbocycles. The average Bonchev–Trinajstić information content (AvgIpc) is 3.11. The summed E-state index contributed by atoms with van der Waals surface area (Å²) in [5.41, 5.74) is 3.35. The molecule has 33 heavy (non-hydrogen) atoms. The van der Waals surface area contributed by atoms with Gasteiger partial charge in [0.1, 0.15) is 5.75 Å². The number of benzene rings is 3. The van der Waals surface area contributed by atoms with Gasteiger partial charge in [-0.15, -0.1) is 5.16 Å². The Morgan fingerprint density at radius 2 is 1.55 bits per heavy atom. The molecule has 4 aliphatic rings. The third kappa shape index (κ3) is 2.40. The number of anilines is 1. The van der Waals surface area contributed by atoms with Gasteiger partial charge in [0.2, 0.25) is 11.8 Å². The molecule has 3 aromatic rings. The molecular weight excluding hydrogens is 416 g/mol. The summed E-state index contributed by atoms with van der Waals surface area (Å²) in [6.07, 6.45) is 1.45. The van der Waals surface area contributed by atoms with Crippen LogP contribution in [0.1, 0.15) is 35.1 Å². The van der Waals surface area contributed by atoms with Crippen molar-refractivity contribution in [1.29, 1.82) is 0 Å². The Kier molecular flexibility index (Phi) is 4.21. The Labute approximate surface area is 191 Å². The molecule has 2 amide bonds. The van der Waals surface area contributed by atoms with Crippen LogP contribution in [0, 0.1) is 11.8 Å². The summed E-state index contributed by atoms with van der Waals surface area (Å²) in [4.78, 5) is 29.2. The lowest BCUT2D eigenvalue weighted by Gasteiger charge is -2.52. The zero-order valence-corrected chi connectivity index (χ0v) is 18.0. The summed E-state index contributed by atoms with van der Waals surface area (Å²) in [5.74, 6) is -1.32. The fourth-order valence-electron chi connectivity index (χ4n) is 6.25. The second-order valence-electron chi connectivity index (χ2n) is 8.71. The van der Waals surface area contributed by atoms with Gasteiger partial charge in [0.15, 0.2) is 0 Å². The number of hydrogen-bond donors (Lipinski definition) is 1. The van der Waals surface area contributed by atoms with Crippen LogP contribution < -0.4 is 9.64 Å². The first-order valence-electron chi connectivity index (χ1n) is 11.1. The van der Waals surface area contributed by atoms with Crippen LogP contribution in [0.3, 0.4) is 0 Å². The van der Waals surface area contributed by atoms with Crippen molar-refractivity contribution in [3.63, 3.8) is 0 Å². The van der Waals surface area contributed by atoms with Gasteiger partial charge in [-0.2, -0.15) is 0 Å². The summed E-state index contributed by atoms with van der Waals surface area (Å²) < 4.78 is 5.51. The molecule has 0 unspecified atom stereocenters. The Bertz CT molecular complexity index is 1270. The second kappa shape index (κ2) is 7.04. The van der Waals surface area contributed by atoms with Gasteiger partial charge < -0.3 is 9.94 Å². The van der Waals surface area contributed by atoms with E-state index in [1.165, 1.54) is 11.1 Å². The number of ether oxygens (including phenoxy) is 1. The van der Waals surface area contributed by atoms with E-state index < -0.39 is 17.3 Å². The van der Waals surface area contributed by atoms with Crippen LogP contribution in [0.5, 0.6) is 5.75 Å². The number of carbonyl (C=O) groups is 2. The Balaban J connectivity index is 1.58. The molecule has 6 nitrogen and oxygen atoms in total. The van der Waals surface area contributed by atoms with E-state index >= 15 is 0 Å². The van der Waals surface area contributed by atoms with E-state index in [9.17, 15) is 14.8 Å². The van der Waals surface area contributed by atoms with Crippen molar-refractivity contribution >= 4 is 23.7 Å². The van der Waals surface area contributed by atoms with Crippen LogP contribution in [0.15, 0.2) is 78.0 Å². The summed E-state index contributed by atoms with van der Waals surface area (Å²) in [6.45, 7) is 2.44. The van der Waals surface area contributed by atoms with Crippen molar-refractivity contribution < 1.29 is 19.5 Å². The minimum Gasteiger partial charge on any atom is -0.494 e. The Morgan fingerprint density at radius 3 is 2.12 bits per heavy atom. The highest BCUT2D eigenvalue weighted by atomic mass is 16.5. The molecule has 3 aliphatic carbocycles. The van der Waals surface area contributed by atoms with Crippen molar-refractivity contribution in [3.05, 3.63) is 95.1 Å². The van der Waals surface area contributed by atoms with Gasteiger partial charge in [-0.1, -0.05) is 48.5 Å². The zero-order chi connectivity index (χ0) is 22.7. The molecular formula is C27H22N2O4. The van der Waals surface area contributed by atoms with E-state index in [2.05, 4.69) is 5.16 Å². The third-order valence-electron chi connectivity index (χ3n) is 7.35. The van der Waals surface area contributed by atoms with Gasteiger partial charge in [-0.05, 0) is 53.4 Å². The summed E-state index contributed by atoms with van der Waals surface area (Å²) in [7, 11) is 0. The average molecular weight is 438 g/mol. The van der Waals surface area contributed by atoms with Gasteiger partial charge >= 0.3 is 0 Å². The van der Waals surface area contributed by atoms with Crippen LogP contribution in [-0.2, 0) is 15.0 Å². The molecule has 1 aliphatic heterocycles. The predicted octanol–water partition coefficient (Wildman–Crippen LogP) is 4.10. The highest BCUT2D eigenvalue weighted by molar-refractivity contribution is 6.25. The van der Waals surface area contributed by atoms with E-state index in [0.717, 1.165) is 22.3 Å². The number of oxime groups is 1. The predicted molar refractivity (Wildman–Crippen MR) is 123 cm³/mol. The maximum atomic E-state index is 14.0. The van der Waals surface area contributed by atoms with Gasteiger partial charge in [0.25, 0.3) is 0 Å². The molecule has 0 radical (unpaired) electrons. The summed E-state index contributed by atoms with van der Waals surface area (Å²) in [6, 6.07) is 22.8. The topological polar surface area (TPSA) is 79.2 Å². The molecule has 0 spiro atoms. The largest absolute Gasteiger partial charge is 0.494 e. The SMILES string of the molecule is CCOc1ccc(N2C(=O)[C@@H]3C4c5ccccc5C(C=NO)(c5ccccc54)[C@H]3C2=O)cc1. The van der Waals surface area contributed by atoms with Gasteiger partial charge in [-0.3, -0.25) is 9.59 Å². The minimum atomic E-state index is -1.02. The molecule has 164 valence electrons. The van der Waals surface area contributed by atoms with Crippen molar-refractivity contribution in [3.8, 4) is 5.75 Å². The summed E-state index contributed by atoms with van der Waals surface area (Å²) in [5, 5.41) is 13.2. The molecule has 6 heteroatoms. The number of hydrogen-bond acceptors (Lipinski definition) is 5.